The minimum Gasteiger partial charge on any atom is -0.0654 e. The van der Waals surface area contributed by atoms with Gasteiger partial charge in [0.1, 0.15) is 0 Å². The summed E-state index contributed by atoms with van der Waals surface area (Å²) in [4.78, 5) is 0. The van der Waals surface area contributed by atoms with Crippen LogP contribution in [0.15, 0.2) is 133 Å². The Bertz CT molecular complexity index is 2450. The first-order chi connectivity index (χ1) is 30.7. The molecule has 0 saturated carbocycles. The van der Waals surface area contributed by atoms with Gasteiger partial charge < -0.3 is 0 Å². The van der Waals surface area contributed by atoms with E-state index in [4.69, 9.17) is 0 Å². The van der Waals surface area contributed by atoms with Gasteiger partial charge in [0.15, 0.2) is 0 Å². The summed E-state index contributed by atoms with van der Waals surface area (Å²) in [5.41, 5.74) is 8.12. The van der Waals surface area contributed by atoms with E-state index in [-0.39, 0.29) is 0 Å². The first kappa shape index (κ1) is 43.7. The van der Waals surface area contributed by atoms with E-state index in [9.17, 15) is 0 Å². The number of benzene rings is 8. The van der Waals surface area contributed by atoms with Gasteiger partial charge in [-0.1, -0.05) is 251 Å². The van der Waals surface area contributed by atoms with Gasteiger partial charge in [-0.25, -0.2) is 0 Å². The summed E-state index contributed by atoms with van der Waals surface area (Å²) in [6, 6.07) is 51.6. The van der Waals surface area contributed by atoms with Crippen LogP contribution in [0, 0.1) is 0 Å². The number of aryl methyl sites for hydroxylation is 2. The van der Waals surface area contributed by atoms with E-state index >= 15 is 0 Å². The van der Waals surface area contributed by atoms with Crippen LogP contribution in [-0.2, 0) is 12.8 Å². The number of unbranched alkanes of at least 4 members (excludes halogenated alkanes) is 18. The van der Waals surface area contributed by atoms with Crippen molar-refractivity contribution in [3.8, 4) is 22.3 Å². The lowest BCUT2D eigenvalue weighted by Gasteiger charge is -2.13. The van der Waals surface area contributed by atoms with Crippen molar-refractivity contribution in [1.82, 2.24) is 0 Å². The van der Waals surface area contributed by atoms with Gasteiger partial charge in [0.05, 0.1) is 0 Å². The molecule has 0 amide bonds. The summed E-state index contributed by atoms with van der Waals surface area (Å²) in [6.07, 6.45) is 30.2. The molecule has 0 N–H and O–H groups in total. The van der Waals surface area contributed by atoms with Crippen LogP contribution in [0.25, 0.3) is 76.1 Å². The van der Waals surface area contributed by atoms with Crippen LogP contribution in [0.4, 0.5) is 0 Å². The van der Waals surface area contributed by atoms with Gasteiger partial charge in [0.25, 0.3) is 0 Å². The average Bonchev–Trinajstić information content (AvgIpc) is 3.32. The van der Waals surface area contributed by atoms with Crippen LogP contribution in [0.5, 0.6) is 0 Å². The van der Waals surface area contributed by atoms with E-state index in [0.29, 0.717) is 0 Å². The molecule has 8 aromatic carbocycles. The molecule has 0 aromatic heterocycles. The normalized spacial score (nSPS) is 11.8. The zero-order valence-corrected chi connectivity index (χ0v) is 38.3. The highest BCUT2D eigenvalue weighted by Crippen LogP contribution is 2.39. The molecular formula is C62H72. The molecule has 8 aromatic rings. The third kappa shape index (κ3) is 11.0. The molecule has 0 aliphatic carbocycles. The summed E-state index contributed by atoms with van der Waals surface area (Å²) >= 11 is 0. The Morgan fingerprint density at radius 3 is 0.823 bits per heavy atom. The second-order valence-corrected chi connectivity index (χ2v) is 18.7. The second-order valence-electron chi connectivity index (χ2n) is 18.7. The highest BCUT2D eigenvalue weighted by molar-refractivity contribution is 6.25. The van der Waals surface area contributed by atoms with Crippen molar-refractivity contribution in [2.75, 3.05) is 0 Å². The van der Waals surface area contributed by atoms with Crippen LogP contribution in [0.2, 0.25) is 0 Å². The van der Waals surface area contributed by atoms with Gasteiger partial charge in [-0.15, -0.1) is 0 Å². The molecule has 0 heterocycles. The standard InChI is InChI=1S/C62H72/c1-3-5-7-9-11-13-15-17-19-21-23-47-25-29-49(30-26-47)51-33-37-55-53(45-51)35-39-59-57(55)41-43-62-60-40-36-54-46-52(34-38-56(54)58(60)42-44-61(59)62)50-31-27-48(28-32-50)24-22-20-18-16-14-12-10-8-6-4-2/h25-46H,3-24H2,1-2H3. The van der Waals surface area contributed by atoms with Crippen molar-refractivity contribution in [3.63, 3.8) is 0 Å². The predicted molar refractivity (Wildman–Crippen MR) is 276 cm³/mol. The van der Waals surface area contributed by atoms with E-state index in [2.05, 4.69) is 147 Å². The van der Waals surface area contributed by atoms with E-state index in [1.165, 1.54) is 229 Å². The van der Waals surface area contributed by atoms with E-state index in [0.717, 1.165) is 0 Å². The number of fused-ring (bicyclic) bond motifs is 9. The smallest absolute Gasteiger partial charge is 0.00987 e. The molecule has 0 aliphatic heterocycles. The van der Waals surface area contributed by atoms with Crippen molar-refractivity contribution in [3.05, 3.63) is 145 Å². The maximum absolute atomic E-state index is 2.38. The molecule has 0 heteroatoms. The van der Waals surface area contributed by atoms with E-state index < -0.39 is 0 Å². The molecule has 0 unspecified atom stereocenters. The van der Waals surface area contributed by atoms with Crippen LogP contribution >= 0.6 is 0 Å². The molecule has 0 saturated heterocycles. The van der Waals surface area contributed by atoms with Crippen LogP contribution < -0.4 is 0 Å². The Morgan fingerprint density at radius 2 is 0.484 bits per heavy atom. The third-order valence-electron chi connectivity index (χ3n) is 14.0. The average molecular weight is 817 g/mol. The van der Waals surface area contributed by atoms with Crippen molar-refractivity contribution < 1.29 is 0 Å². The monoisotopic (exact) mass is 817 g/mol. The SMILES string of the molecule is CCCCCCCCCCCCc1ccc(-c2ccc3c(ccc4c3ccc3c5ccc6cc(-c7ccc(CCCCCCCCCCCC)cc7)ccc6c5ccc43)c2)cc1. The Morgan fingerprint density at radius 1 is 0.226 bits per heavy atom. The molecule has 0 aliphatic rings. The fraction of sp³-hybridized carbons (Fsp3) is 0.387. The molecule has 8 rings (SSSR count). The fourth-order valence-electron chi connectivity index (χ4n) is 10.2. The van der Waals surface area contributed by atoms with Crippen LogP contribution in [-0.4, -0.2) is 0 Å². The minimum atomic E-state index is 1.19. The minimum absolute atomic E-state index is 1.19. The molecule has 0 bridgehead atoms. The zero-order valence-electron chi connectivity index (χ0n) is 38.3. The topological polar surface area (TPSA) is 0 Å². The van der Waals surface area contributed by atoms with Crippen LogP contribution in [0.1, 0.15) is 153 Å². The van der Waals surface area contributed by atoms with Gasteiger partial charge in [-0.3, -0.25) is 0 Å². The lowest BCUT2D eigenvalue weighted by Crippen LogP contribution is -1.88. The first-order valence-corrected chi connectivity index (χ1v) is 25.1. The summed E-state index contributed by atoms with van der Waals surface area (Å²) < 4.78 is 0. The summed E-state index contributed by atoms with van der Waals surface area (Å²) in [5.74, 6) is 0. The molecule has 0 fully saturated rings. The lowest BCUT2D eigenvalue weighted by atomic mass is 9.91. The largest absolute Gasteiger partial charge is 0.0654 e. The Hall–Kier alpha value is -4.94. The van der Waals surface area contributed by atoms with Crippen molar-refractivity contribution in [2.45, 2.75) is 155 Å². The molecule has 320 valence electrons. The van der Waals surface area contributed by atoms with Gasteiger partial charge >= 0.3 is 0 Å². The van der Waals surface area contributed by atoms with Crippen molar-refractivity contribution in [1.29, 1.82) is 0 Å². The molecule has 0 spiro atoms. The zero-order chi connectivity index (χ0) is 42.4. The first-order valence-electron chi connectivity index (χ1n) is 25.1. The second kappa shape index (κ2) is 22.4. The molecule has 62 heavy (non-hydrogen) atoms. The van der Waals surface area contributed by atoms with E-state index in [1.807, 2.05) is 0 Å². The molecule has 0 nitrogen and oxygen atoms in total. The summed E-state index contributed by atoms with van der Waals surface area (Å²) in [5, 5.41) is 13.2. The number of rotatable bonds is 24. The van der Waals surface area contributed by atoms with Crippen molar-refractivity contribution >= 4 is 53.9 Å². The van der Waals surface area contributed by atoms with E-state index in [1.54, 1.807) is 0 Å². The van der Waals surface area contributed by atoms with Gasteiger partial charge in [0, 0.05) is 0 Å². The predicted octanol–water partition coefficient (Wildman–Crippen LogP) is 19.7. The highest BCUT2D eigenvalue weighted by Gasteiger charge is 2.11. The Balaban J connectivity index is 0.894. The number of hydrogen-bond donors (Lipinski definition) is 0. The van der Waals surface area contributed by atoms with Crippen LogP contribution in [0.3, 0.4) is 0 Å². The molecule has 0 radical (unpaired) electrons. The fourth-order valence-corrected chi connectivity index (χ4v) is 10.2. The quantitative estimate of drug-likeness (QED) is 0.0421. The summed E-state index contributed by atoms with van der Waals surface area (Å²) in [7, 11) is 0. The molecular weight excluding hydrogens is 745 g/mol. The van der Waals surface area contributed by atoms with Gasteiger partial charge in [-0.05, 0) is 125 Å². The van der Waals surface area contributed by atoms with Gasteiger partial charge in [0.2, 0.25) is 0 Å². The third-order valence-corrected chi connectivity index (χ3v) is 14.0. The maximum Gasteiger partial charge on any atom is -0.00987 e. The van der Waals surface area contributed by atoms with Crippen molar-refractivity contribution in [2.24, 2.45) is 0 Å². The number of hydrogen-bond acceptors (Lipinski definition) is 0. The lowest BCUT2D eigenvalue weighted by molar-refractivity contribution is 0.556. The Labute approximate surface area is 374 Å². The highest BCUT2D eigenvalue weighted by atomic mass is 14.2. The van der Waals surface area contributed by atoms with Gasteiger partial charge in [-0.2, -0.15) is 0 Å². The maximum atomic E-state index is 2.38. The molecule has 0 atom stereocenters. The summed E-state index contributed by atoms with van der Waals surface area (Å²) in [6.45, 7) is 4.60. The Kier molecular flexibility index (Phi) is 15.8.